The average molecular weight is 296 g/mol. The quantitative estimate of drug-likeness (QED) is 0.890. The maximum absolute atomic E-state index is 11.7. The average Bonchev–Trinajstić information content (AvgIpc) is 2.78. The Hall–Kier alpha value is -1.46. The van der Waals surface area contributed by atoms with E-state index < -0.39 is 0 Å². The molecule has 1 aromatic carbocycles. The Morgan fingerprint density at radius 2 is 2.16 bits per heavy atom. The SMILES string of the molecule is Cc1cn[nH]c1NC(=O)CSCc1ccc(Cl)cc1. The van der Waals surface area contributed by atoms with Crippen molar-refractivity contribution in [1.29, 1.82) is 0 Å². The number of thioether (sulfide) groups is 1. The number of amides is 1. The maximum atomic E-state index is 11.7. The first-order chi connectivity index (χ1) is 9.15. The number of hydrogen-bond acceptors (Lipinski definition) is 3. The Balaban J connectivity index is 1.75. The minimum atomic E-state index is -0.0358. The number of nitrogens with zero attached hydrogens (tertiary/aromatic N) is 1. The highest BCUT2D eigenvalue weighted by Gasteiger charge is 2.06. The number of aromatic nitrogens is 2. The van der Waals surface area contributed by atoms with Crippen molar-refractivity contribution in [1.82, 2.24) is 10.2 Å². The summed E-state index contributed by atoms with van der Waals surface area (Å²) in [6, 6.07) is 7.63. The van der Waals surface area contributed by atoms with E-state index in [1.807, 2.05) is 31.2 Å². The maximum Gasteiger partial charge on any atom is 0.235 e. The van der Waals surface area contributed by atoms with Crippen molar-refractivity contribution in [2.45, 2.75) is 12.7 Å². The van der Waals surface area contributed by atoms with E-state index in [0.29, 0.717) is 11.6 Å². The van der Waals surface area contributed by atoms with Crippen LogP contribution in [0, 0.1) is 6.92 Å². The molecule has 2 N–H and O–H groups in total. The lowest BCUT2D eigenvalue weighted by Crippen LogP contribution is -2.15. The van der Waals surface area contributed by atoms with E-state index in [1.54, 1.807) is 18.0 Å². The van der Waals surface area contributed by atoms with Gasteiger partial charge in [-0.15, -0.1) is 11.8 Å². The van der Waals surface area contributed by atoms with Gasteiger partial charge in [-0.1, -0.05) is 23.7 Å². The molecule has 0 fully saturated rings. The molecule has 2 aromatic rings. The molecule has 0 aliphatic carbocycles. The molecule has 0 aliphatic heterocycles. The number of nitrogens with one attached hydrogen (secondary N) is 2. The highest BCUT2D eigenvalue weighted by Crippen LogP contribution is 2.16. The van der Waals surface area contributed by atoms with Gasteiger partial charge >= 0.3 is 0 Å². The van der Waals surface area contributed by atoms with Crippen LogP contribution in [0.15, 0.2) is 30.5 Å². The van der Waals surface area contributed by atoms with Crippen LogP contribution in [0.4, 0.5) is 5.82 Å². The highest BCUT2D eigenvalue weighted by atomic mass is 35.5. The van der Waals surface area contributed by atoms with Crippen molar-refractivity contribution in [3.05, 3.63) is 46.6 Å². The Labute approximate surface area is 120 Å². The van der Waals surface area contributed by atoms with E-state index in [4.69, 9.17) is 11.6 Å². The number of benzene rings is 1. The summed E-state index contributed by atoms with van der Waals surface area (Å²) >= 11 is 7.37. The summed E-state index contributed by atoms with van der Waals surface area (Å²) in [6.45, 7) is 1.89. The molecule has 19 heavy (non-hydrogen) atoms. The summed E-state index contributed by atoms with van der Waals surface area (Å²) in [5.41, 5.74) is 2.08. The Kier molecular flexibility index (Phi) is 4.87. The van der Waals surface area contributed by atoms with Gasteiger partial charge in [-0.25, -0.2) is 0 Å². The van der Waals surface area contributed by atoms with E-state index in [-0.39, 0.29) is 5.91 Å². The fraction of sp³-hybridized carbons (Fsp3) is 0.231. The third-order valence-corrected chi connectivity index (χ3v) is 3.76. The lowest BCUT2D eigenvalue weighted by molar-refractivity contribution is -0.113. The molecule has 100 valence electrons. The van der Waals surface area contributed by atoms with E-state index >= 15 is 0 Å². The van der Waals surface area contributed by atoms with Crippen molar-refractivity contribution in [3.63, 3.8) is 0 Å². The molecule has 4 nitrogen and oxygen atoms in total. The number of halogens is 1. The Bertz CT molecular complexity index is 553. The molecule has 0 unspecified atom stereocenters. The van der Waals surface area contributed by atoms with Crippen LogP contribution in [0.25, 0.3) is 0 Å². The first kappa shape index (κ1) is 14.0. The van der Waals surface area contributed by atoms with E-state index in [2.05, 4.69) is 15.5 Å². The molecule has 0 bridgehead atoms. The van der Waals surface area contributed by atoms with Gasteiger partial charge in [-0.05, 0) is 24.6 Å². The van der Waals surface area contributed by atoms with Crippen LogP contribution >= 0.6 is 23.4 Å². The van der Waals surface area contributed by atoms with Gasteiger partial charge in [0.25, 0.3) is 0 Å². The van der Waals surface area contributed by atoms with Crippen molar-refractivity contribution >= 4 is 35.1 Å². The summed E-state index contributed by atoms with van der Waals surface area (Å²) < 4.78 is 0. The van der Waals surface area contributed by atoms with Crippen molar-refractivity contribution in [2.24, 2.45) is 0 Å². The summed E-state index contributed by atoms with van der Waals surface area (Å²) in [7, 11) is 0. The Morgan fingerprint density at radius 3 is 2.79 bits per heavy atom. The minimum absolute atomic E-state index is 0.0358. The summed E-state index contributed by atoms with van der Waals surface area (Å²) in [4.78, 5) is 11.7. The standard InChI is InChI=1S/C13H14ClN3OS/c1-9-6-15-17-13(9)16-12(18)8-19-7-10-2-4-11(14)5-3-10/h2-6H,7-8H2,1H3,(H2,15,16,17,18). The van der Waals surface area contributed by atoms with Gasteiger partial charge in [0, 0.05) is 16.3 Å². The first-order valence-electron chi connectivity index (χ1n) is 5.77. The molecule has 1 aromatic heterocycles. The molecule has 0 spiro atoms. The molecule has 1 heterocycles. The van der Waals surface area contributed by atoms with Crippen molar-refractivity contribution in [2.75, 3.05) is 11.1 Å². The van der Waals surface area contributed by atoms with Gasteiger partial charge < -0.3 is 5.32 Å². The van der Waals surface area contributed by atoms with Crippen LogP contribution in [0.3, 0.4) is 0 Å². The first-order valence-corrected chi connectivity index (χ1v) is 7.30. The molecule has 6 heteroatoms. The smallest absolute Gasteiger partial charge is 0.235 e. The monoisotopic (exact) mass is 295 g/mol. The zero-order valence-electron chi connectivity index (χ0n) is 10.4. The molecular weight excluding hydrogens is 282 g/mol. The molecule has 0 atom stereocenters. The number of anilines is 1. The minimum Gasteiger partial charge on any atom is -0.310 e. The topological polar surface area (TPSA) is 57.8 Å². The molecule has 1 amide bonds. The Morgan fingerprint density at radius 1 is 1.42 bits per heavy atom. The number of carbonyl (C=O) groups is 1. The predicted octanol–water partition coefficient (Wildman–Crippen LogP) is 3.24. The van der Waals surface area contributed by atoms with Crippen molar-refractivity contribution < 1.29 is 4.79 Å². The third-order valence-electron chi connectivity index (χ3n) is 2.51. The molecule has 0 radical (unpaired) electrons. The largest absolute Gasteiger partial charge is 0.310 e. The predicted molar refractivity (Wildman–Crippen MR) is 79.6 cm³/mol. The third kappa shape index (κ3) is 4.29. The number of carbonyl (C=O) groups excluding carboxylic acids is 1. The second kappa shape index (κ2) is 6.63. The van der Waals surface area contributed by atoms with Crippen LogP contribution in [-0.2, 0) is 10.5 Å². The van der Waals surface area contributed by atoms with Gasteiger partial charge in [0.05, 0.1) is 11.9 Å². The zero-order chi connectivity index (χ0) is 13.7. The van der Waals surface area contributed by atoms with E-state index in [1.165, 1.54) is 0 Å². The van der Waals surface area contributed by atoms with Gasteiger partial charge in [0.2, 0.25) is 5.91 Å². The summed E-state index contributed by atoms with van der Waals surface area (Å²) in [5, 5.41) is 10.1. The molecule has 0 saturated carbocycles. The summed E-state index contributed by atoms with van der Waals surface area (Å²) in [5.74, 6) is 1.82. The summed E-state index contributed by atoms with van der Waals surface area (Å²) in [6.07, 6.45) is 1.68. The lowest BCUT2D eigenvalue weighted by Gasteiger charge is -2.04. The van der Waals surface area contributed by atoms with Crippen LogP contribution < -0.4 is 5.32 Å². The number of aryl methyl sites for hydroxylation is 1. The number of rotatable bonds is 5. The zero-order valence-corrected chi connectivity index (χ0v) is 12.0. The molecule has 0 saturated heterocycles. The van der Waals surface area contributed by atoms with Crippen LogP contribution in [0.5, 0.6) is 0 Å². The molecule has 2 rings (SSSR count). The van der Waals surface area contributed by atoms with E-state index in [9.17, 15) is 4.79 Å². The van der Waals surface area contributed by atoms with Crippen LogP contribution in [0.2, 0.25) is 5.02 Å². The second-order valence-electron chi connectivity index (χ2n) is 4.10. The van der Waals surface area contributed by atoms with Gasteiger partial charge in [-0.2, -0.15) is 5.10 Å². The van der Waals surface area contributed by atoms with Crippen molar-refractivity contribution in [3.8, 4) is 0 Å². The number of H-pyrrole nitrogens is 1. The lowest BCUT2D eigenvalue weighted by atomic mass is 10.2. The fourth-order valence-corrected chi connectivity index (χ4v) is 2.40. The highest BCUT2D eigenvalue weighted by molar-refractivity contribution is 7.99. The van der Waals surface area contributed by atoms with Crippen LogP contribution in [0.1, 0.15) is 11.1 Å². The van der Waals surface area contributed by atoms with Gasteiger partial charge in [-0.3, -0.25) is 9.89 Å². The second-order valence-corrected chi connectivity index (χ2v) is 5.52. The van der Waals surface area contributed by atoms with E-state index in [0.717, 1.165) is 21.9 Å². The fourth-order valence-electron chi connectivity index (χ4n) is 1.49. The molecular formula is C13H14ClN3OS. The van der Waals surface area contributed by atoms with Gasteiger partial charge in [0.1, 0.15) is 5.82 Å². The normalized spacial score (nSPS) is 10.4. The number of hydrogen-bond donors (Lipinski definition) is 2. The van der Waals surface area contributed by atoms with Gasteiger partial charge in [0.15, 0.2) is 0 Å². The molecule has 0 aliphatic rings. The van der Waals surface area contributed by atoms with Crippen LogP contribution in [-0.4, -0.2) is 21.9 Å². The number of aromatic amines is 1.